The highest BCUT2D eigenvalue weighted by Crippen LogP contribution is 2.39. The number of ether oxygens (including phenoxy) is 3. The largest absolute Gasteiger partial charge is 0.493 e. The van der Waals surface area contributed by atoms with E-state index in [2.05, 4.69) is 5.32 Å². The molecule has 0 saturated carbocycles. The summed E-state index contributed by atoms with van der Waals surface area (Å²) in [6.45, 7) is 1.88. The van der Waals surface area contributed by atoms with Crippen LogP contribution in [0.4, 0.5) is 10.7 Å². The van der Waals surface area contributed by atoms with Crippen LogP contribution in [0.1, 0.15) is 46.1 Å². The first-order valence-electron chi connectivity index (χ1n) is 10.5. The van der Waals surface area contributed by atoms with Gasteiger partial charge in [-0.1, -0.05) is 0 Å². The number of amides is 1. The highest BCUT2D eigenvalue weighted by molar-refractivity contribution is 7.17. The quantitative estimate of drug-likeness (QED) is 0.192. The van der Waals surface area contributed by atoms with Crippen molar-refractivity contribution in [2.45, 2.75) is 32.6 Å². The molecule has 0 aliphatic heterocycles. The van der Waals surface area contributed by atoms with Crippen LogP contribution in [0.15, 0.2) is 17.7 Å². The smallest absolute Gasteiger partial charge is 0.341 e. The number of esters is 1. The van der Waals surface area contributed by atoms with Crippen molar-refractivity contribution < 1.29 is 28.7 Å². The molecule has 0 atom stereocenters. The van der Waals surface area contributed by atoms with Gasteiger partial charge in [-0.3, -0.25) is 14.9 Å². The molecule has 34 heavy (non-hydrogen) atoms. The lowest BCUT2D eigenvalue weighted by Gasteiger charge is -2.12. The zero-order valence-electron chi connectivity index (χ0n) is 18.9. The van der Waals surface area contributed by atoms with E-state index in [1.54, 1.807) is 13.0 Å². The predicted molar refractivity (Wildman–Crippen MR) is 125 cm³/mol. The number of aryl methyl sites for hydroxylation is 1. The monoisotopic (exact) mass is 485 g/mol. The van der Waals surface area contributed by atoms with Crippen molar-refractivity contribution >= 4 is 40.0 Å². The van der Waals surface area contributed by atoms with E-state index in [9.17, 15) is 25.0 Å². The summed E-state index contributed by atoms with van der Waals surface area (Å²) in [6.07, 6.45) is 4.51. The Kier molecular flexibility index (Phi) is 7.86. The van der Waals surface area contributed by atoms with Crippen LogP contribution in [-0.4, -0.2) is 37.6 Å². The molecule has 0 saturated heterocycles. The lowest BCUT2D eigenvalue weighted by atomic mass is 9.95. The first kappa shape index (κ1) is 24.7. The first-order chi connectivity index (χ1) is 16.3. The van der Waals surface area contributed by atoms with Crippen molar-refractivity contribution in [3.63, 3.8) is 0 Å². The molecule has 0 unspecified atom stereocenters. The van der Waals surface area contributed by atoms with E-state index in [1.165, 1.54) is 31.6 Å². The number of hydrogen-bond donors (Lipinski definition) is 1. The van der Waals surface area contributed by atoms with Gasteiger partial charge in [0.2, 0.25) is 0 Å². The van der Waals surface area contributed by atoms with Crippen molar-refractivity contribution in [2.24, 2.45) is 0 Å². The van der Waals surface area contributed by atoms with Gasteiger partial charge in [0.1, 0.15) is 16.6 Å². The van der Waals surface area contributed by atoms with Crippen molar-refractivity contribution in [1.29, 1.82) is 5.26 Å². The van der Waals surface area contributed by atoms with Gasteiger partial charge in [0, 0.05) is 4.88 Å². The Labute approximate surface area is 199 Å². The number of hydrogen-bond acceptors (Lipinski definition) is 9. The molecule has 1 amide bonds. The Bertz CT molecular complexity index is 1210. The average molecular weight is 486 g/mol. The van der Waals surface area contributed by atoms with Gasteiger partial charge in [-0.2, -0.15) is 5.26 Å². The molecule has 11 heteroatoms. The third-order valence-electron chi connectivity index (χ3n) is 5.27. The second-order valence-electron chi connectivity index (χ2n) is 7.28. The van der Waals surface area contributed by atoms with Gasteiger partial charge in [0.15, 0.2) is 11.5 Å². The third-order valence-corrected chi connectivity index (χ3v) is 6.48. The zero-order valence-corrected chi connectivity index (χ0v) is 19.7. The number of nitriles is 1. The summed E-state index contributed by atoms with van der Waals surface area (Å²) < 4.78 is 15.5. The van der Waals surface area contributed by atoms with E-state index in [-0.39, 0.29) is 34.9 Å². The Morgan fingerprint density at radius 1 is 1.24 bits per heavy atom. The molecule has 1 aromatic carbocycles. The van der Waals surface area contributed by atoms with Crippen LogP contribution in [0.3, 0.4) is 0 Å². The molecule has 1 heterocycles. The molecule has 3 rings (SSSR count). The molecule has 0 fully saturated rings. The number of nitro benzene ring substituents is 1. The summed E-state index contributed by atoms with van der Waals surface area (Å²) in [5.41, 5.74) is 0.422. The molecule has 0 spiro atoms. The number of rotatable bonds is 8. The van der Waals surface area contributed by atoms with Crippen molar-refractivity contribution in [3.05, 3.63) is 49.4 Å². The molecule has 2 aromatic rings. The summed E-state index contributed by atoms with van der Waals surface area (Å²) >= 11 is 1.28. The number of carbonyl (C=O) groups excluding carboxylic acids is 2. The number of methoxy groups -OCH3 is 2. The maximum absolute atomic E-state index is 13.0. The SMILES string of the molecule is CCOC(=O)c1c(NC(=O)/C(C#N)=C/c2cc(OC)c(OC)cc2[N+](=O)[O-])sc2c1CCCC2. The van der Waals surface area contributed by atoms with E-state index >= 15 is 0 Å². The molecular weight excluding hydrogens is 462 g/mol. The second kappa shape index (κ2) is 10.8. The summed E-state index contributed by atoms with van der Waals surface area (Å²) in [5, 5.41) is 24.1. The maximum atomic E-state index is 13.0. The van der Waals surface area contributed by atoms with Gasteiger partial charge in [-0.25, -0.2) is 4.79 Å². The molecule has 1 aliphatic carbocycles. The average Bonchev–Trinajstić information content (AvgIpc) is 3.19. The van der Waals surface area contributed by atoms with E-state index < -0.39 is 16.8 Å². The van der Waals surface area contributed by atoms with E-state index in [1.807, 2.05) is 0 Å². The predicted octanol–water partition coefficient (Wildman–Crippen LogP) is 4.27. The second-order valence-corrected chi connectivity index (χ2v) is 8.39. The fourth-order valence-electron chi connectivity index (χ4n) is 3.71. The van der Waals surface area contributed by atoms with Crippen LogP contribution in [0.25, 0.3) is 6.08 Å². The Morgan fingerprint density at radius 2 is 1.91 bits per heavy atom. The third kappa shape index (κ3) is 5.02. The van der Waals surface area contributed by atoms with Gasteiger partial charge in [0.05, 0.1) is 42.9 Å². The highest BCUT2D eigenvalue weighted by Gasteiger charge is 2.28. The number of nitro groups is 1. The minimum absolute atomic E-state index is 0.00885. The number of nitrogens with zero attached hydrogens (tertiary/aromatic N) is 2. The van der Waals surface area contributed by atoms with E-state index in [0.29, 0.717) is 17.0 Å². The molecule has 178 valence electrons. The summed E-state index contributed by atoms with van der Waals surface area (Å²) in [7, 11) is 2.71. The lowest BCUT2D eigenvalue weighted by molar-refractivity contribution is -0.385. The van der Waals surface area contributed by atoms with Crippen LogP contribution in [-0.2, 0) is 22.4 Å². The van der Waals surface area contributed by atoms with E-state index in [4.69, 9.17) is 14.2 Å². The molecule has 1 aromatic heterocycles. The van der Waals surface area contributed by atoms with Crippen LogP contribution in [0.5, 0.6) is 11.5 Å². The normalized spacial score (nSPS) is 12.8. The van der Waals surface area contributed by atoms with Crippen LogP contribution >= 0.6 is 11.3 Å². The zero-order chi connectivity index (χ0) is 24.8. The molecule has 0 bridgehead atoms. The molecular formula is C23H23N3O7S. The number of nitrogens with one attached hydrogen (secondary N) is 1. The lowest BCUT2D eigenvalue weighted by Crippen LogP contribution is -2.16. The summed E-state index contributed by atoms with van der Waals surface area (Å²) in [6, 6.07) is 4.25. The van der Waals surface area contributed by atoms with Gasteiger partial charge in [-0.05, 0) is 50.3 Å². The highest BCUT2D eigenvalue weighted by atomic mass is 32.1. The van der Waals surface area contributed by atoms with Gasteiger partial charge in [0.25, 0.3) is 11.6 Å². The standard InChI is InChI=1S/C23H23N3O7S/c1-4-33-23(28)20-15-7-5-6-8-19(15)34-22(20)25-21(27)14(12-24)9-13-10-17(31-2)18(32-3)11-16(13)26(29)30/h9-11H,4-8H2,1-3H3,(H,25,27)/b14-9+. The molecule has 1 aliphatic rings. The number of benzene rings is 1. The van der Waals surface area contributed by atoms with Crippen molar-refractivity contribution in [3.8, 4) is 17.6 Å². The fourth-order valence-corrected chi connectivity index (χ4v) is 4.98. The Balaban J connectivity index is 2.01. The Morgan fingerprint density at radius 3 is 2.53 bits per heavy atom. The van der Waals surface area contributed by atoms with Crippen molar-refractivity contribution in [1.82, 2.24) is 0 Å². The van der Waals surface area contributed by atoms with Crippen LogP contribution in [0.2, 0.25) is 0 Å². The molecule has 0 radical (unpaired) electrons. The fraction of sp³-hybridized carbons (Fsp3) is 0.348. The van der Waals surface area contributed by atoms with Gasteiger partial charge < -0.3 is 19.5 Å². The molecule has 1 N–H and O–H groups in total. The number of carbonyl (C=O) groups is 2. The van der Waals surface area contributed by atoms with E-state index in [0.717, 1.165) is 41.8 Å². The van der Waals surface area contributed by atoms with Gasteiger partial charge >= 0.3 is 5.97 Å². The minimum Gasteiger partial charge on any atom is -0.493 e. The van der Waals surface area contributed by atoms with Crippen molar-refractivity contribution in [2.75, 3.05) is 26.1 Å². The maximum Gasteiger partial charge on any atom is 0.341 e. The first-order valence-corrected chi connectivity index (χ1v) is 11.3. The van der Waals surface area contributed by atoms with Crippen LogP contribution < -0.4 is 14.8 Å². The summed E-state index contributed by atoms with van der Waals surface area (Å²) in [5.74, 6) is -0.990. The molecule has 10 nitrogen and oxygen atoms in total. The Hall–Kier alpha value is -3.91. The summed E-state index contributed by atoms with van der Waals surface area (Å²) in [4.78, 5) is 37.5. The minimum atomic E-state index is -0.796. The number of fused-ring (bicyclic) bond motifs is 1. The number of thiophene rings is 1. The van der Waals surface area contributed by atoms with Gasteiger partial charge in [-0.15, -0.1) is 11.3 Å². The van der Waals surface area contributed by atoms with Crippen LogP contribution in [0, 0.1) is 21.4 Å². The number of anilines is 1. The topological polar surface area (TPSA) is 141 Å².